The van der Waals surface area contributed by atoms with Crippen LogP contribution < -0.4 is 0 Å². The summed E-state index contributed by atoms with van der Waals surface area (Å²) >= 11 is 0. The largest absolute Gasteiger partial charge is 0.412 e. The molecule has 1 atom stereocenters. The minimum atomic E-state index is -4.46. The summed E-state index contributed by atoms with van der Waals surface area (Å²) in [4.78, 5) is 0. The summed E-state index contributed by atoms with van der Waals surface area (Å²) in [6.45, 7) is 0.317. The van der Waals surface area contributed by atoms with E-state index >= 15 is 0 Å². The molecule has 3 rings (SSSR count). The molecule has 0 amide bonds. The average Bonchev–Trinajstić information content (AvgIpc) is 2.96. The number of alkyl halides is 3. The molecule has 0 radical (unpaired) electrons. The third kappa shape index (κ3) is 1.52. The van der Waals surface area contributed by atoms with Gasteiger partial charge in [-0.2, -0.15) is 13.2 Å². The molecule has 17 heavy (non-hydrogen) atoms. The van der Waals surface area contributed by atoms with Gasteiger partial charge in [-0.1, -0.05) is 12.2 Å². The second-order valence-corrected chi connectivity index (χ2v) is 6.28. The molecule has 1 saturated heterocycles. The van der Waals surface area contributed by atoms with Crippen LogP contribution in [0.3, 0.4) is 0 Å². The van der Waals surface area contributed by atoms with Crippen molar-refractivity contribution in [3.63, 3.8) is 0 Å². The normalized spacial score (nSPS) is 29.7. The molecular weight excluding hydrogens is 255 g/mol. The Kier molecular flexibility index (Phi) is 1.89. The lowest BCUT2D eigenvalue weighted by atomic mass is 9.97. The number of sulfonamides is 1. The fourth-order valence-electron chi connectivity index (χ4n) is 2.15. The van der Waals surface area contributed by atoms with Crippen molar-refractivity contribution < 1.29 is 21.6 Å². The lowest BCUT2D eigenvalue weighted by Gasteiger charge is -2.26. The molecule has 1 aliphatic carbocycles. The number of nitrogens with zero attached hydrogens (tertiary/aromatic N) is 1. The molecule has 92 valence electrons. The third-order valence-electron chi connectivity index (χ3n) is 3.14. The zero-order chi connectivity index (χ0) is 12.4. The zero-order valence-electron chi connectivity index (χ0n) is 8.53. The van der Waals surface area contributed by atoms with E-state index in [1.807, 2.05) is 0 Å². The number of rotatable bonds is 0. The van der Waals surface area contributed by atoms with Crippen LogP contribution in [0.5, 0.6) is 0 Å². The molecule has 3 aliphatic rings. The number of allylic oxidation sites excluding steroid dienone is 4. The summed E-state index contributed by atoms with van der Waals surface area (Å²) in [6, 6.07) is 0. The van der Waals surface area contributed by atoms with Crippen molar-refractivity contribution in [1.29, 1.82) is 0 Å². The minimum absolute atomic E-state index is 0.317. The summed E-state index contributed by atoms with van der Waals surface area (Å²) in [5.74, 6) is 0. The second-order valence-electron chi connectivity index (χ2n) is 4.24. The average molecular weight is 263 g/mol. The van der Waals surface area contributed by atoms with Crippen LogP contribution in [0.4, 0.5) is 13.2 Å². The van der Waals surface area contributed by atoms with Crippen molar-refractivity contribution in [2.75, 3.05) is 6.54 Å². The maximum Gasteiger partial charge on any atom is 0.412 e. The van der Waals surface area contributed by atoms with E-state index in [0.29, 0.717) is 17.8 Å². The van der Waals surface area contributed by atoms with Crippen LogP contribution in [-0.2, 0) is 10.0 Å². The number of hydrogen-bond acceptors (Lipinski definition) is 2. The van der Waals surface area contributed by atoms with Crippen molar-refractivity contribution in [1.82, 2.24) is 4.31 Å². The first-order valence-corrected chi connectivity index (χ1v) is 6.50. The number of hydrogen-bond donors (Lipinski definition) is 0. The molecule has 0 saturated carbocycles. The van der Waals surface area contributed by atoms with Gasteiger partial charge < -0.3 is 0 Å². The molecule has 1 fully saturated rings. The van der Waals surface area contributed by atoms with Crippen LogP contribution in [0.1, 0.15) is 6.42 Å². The summed E-state index contributed by atoms with van der Waals surface area (Å²) in [7, 11) is -3.63. The highest BCUT2D eigenvalue weighted by atomic mass is 32.2. The molecule has 0 aromatic rings. The number of fused-ring (bicyclic) bond motifs is 2. The predicted molar refractivity (Wildman–Crippen MR) is 54.3 cm³/mol. The number of halogens is 3. The van der Waals surface area contributed by atoms with Gasteiger partial charge in [0.25, 0.3) is 0 Å². The molecule has 0 spiro atoms. The quantitative estimate of drug-likeness (QED) is 0.624. The van der Waals surface area contributed by atoms with Gasteiger partial charge in [0.05, 0.1) is 12.2 Å². The van der Waals surface area contributed by atoms with Crippen molar-refractivity contribution in [2.45, 2.75) is 17.8 Å². The molecule has 2 aliphatic heterocycles. The van der Waals surface area contributed by atoms with Crippen molar-refractivity contribution in [3.05, 3.63) is 35.1 Å². The monoisotopic (exact) mass is 263 g/mol. The van der Waals surface area contributed by atoms with Gasteiger partial charge in [0.15, 0.2) is 0 Å². The van der Waals surface area contributed by atoms with Gasteiger partial charge in [0.2, 0.25) is 10.0 Å². The minimum Gasteiger partial charge on any atom is -0.266 e. The first kappa shape index (κ1) is 10.9. The maximum absolute atomic E-state index is 12.5. The molecule has 7 heteroatoms. The highest BCUT2D eigenvalue weighted by molar-refractivity contribution is 7.90. The van der Waals surface area contributed by atoms with Gasteiger partial charge in [-0.05, 0) is 11.6 Å². The van der Waals surface area contributed by atoms with Gasteiger partial charge in [-0.3, -0.25) is 4.31 Å². The van der Waals surface area contributed by atoms with Gasteiger partial charge in [0.1, 0.15) is 5.25 Å². The Morgan fingerprint density at radius 2 is 2.00 bits per heavy atom. The Morgan fingerprint density at radius 3 is 2.65 bits per heavy atom. The van der Waals surface area contributed by atoms with E-state index in [4.69, 9.17) is 0 Å². The Morgan fingerprint density at radius 1 is 1.29 bits per heavy atom. The van der Waals surface area contributed by atoms with Gasteiger partial charge in [-0.15, -0.1) is 0 Å². The molecular formula is C10H8F3NO2S. The summed E-state index contributed by atoms with van der Waals surface area (Å²) in [6.07, 6.45) is -1.05. The lowest BCUT2D eigenvalue weighted by molar-refractivity contribution is -0.0940. The van der Waals surface area contributed by atoms with E-state index in [1.165, 1.54) is 6.08 Å². The van der Waals surface area contributed by atoms with E-state index < -0.39 is 33.4 Å². The molecule has 0 bridgehead atoms. The lowest BCUT2D eigenvalue weighted by Crippen LogP contribution is -2.34. The summed E-state index contributed by atoms with van der Waals surface area (Å²) < 4.78 is 62.6. The summed E-state index contributed by atoms with van der Waals surface area (Å²) in [5, 5.41) is -1.07. The Hall–Kier alpha value is -1.24. The van der Waals surface area contributed by atoms with Crippen molar-refractivity contribution >= 4 is 10.0 Å². The van der Waals surface area contributed by atoms with Crippen LogP contribution >= 0.6 is 0 Å². The first-order valence-electron chi connectivity index (χ1n) is 5.00. The predicted octanol–water partition coefficient (Wildman–Crippen LogP) is 1.72. The van der Waals surface area contributed by atoms with Crippen molar-refractivity contribution in [2.24, 2.45) is 0 Å². The molecule has 1 unspecified atom stereocenters. The van der Waals surface area contributed by atoms with E-state index in [-0.39, 0.29) is 0 Å². The molecule has 0 N–H and O–H groups in total. The van der Waals surface area contributed by atoms with E-state index in [0.717, 1.165) is 10.4 Å². The van der Waals surface area contributed by atoms with Crippen LogP contribution in [0.25, 0.3) is 0 Å². The smallest absolute Gasteiger partial charge is 0.266 e. The van der Waals surface area contributed by atoms with E-state index in [9.17, 15) is 21.6 Å². The van der Waals surface area contributed by atoms with Crippen LogP contribution in [0.15, 0.2) is 35.1 Å². The Bertz CT molecular complexity index is 583. The fraction of sp³-hybridized carbons (Fsp3) is 0.400. The highest BCUT2D eigenvalue weighted by Crippen LogP contribution is 2.44. The maximum atomic E-state index is 12.5. The SMILES string of the molecule is O=S1(=O)C2CC(C(F)(F)F)=CC=C2C=C2CN21. The van der Waals surface area contributed by atoms with Gasteiger partial charge in [-0.25, -0.2) is 8.42 Å². The molecule has 0 aromatic heterocycles. The second kappa shape index (κ2) is 2.95. The van der Waals surface area contributed by atoms with Gasteiger partial charge in [0, 0.05) is 12.0 Å². The highest BCUT2D eigenvalue weighted by Gasteiger charge is 2.50. The van der Waals surface area contributed by atoms with Crippen molar-refractivity contribution in [3.8, 4) is 0 Å². The molecule has 3 nitrogen and oxygen atoms in total. The summed E-state index contributed by atoms with van der Waals surface area (Å²) in [5.41, 5.74) is 0.339. The van der Waals surface area contributed by atoms with Gasteiger partial charge >= 0.3 is 6.18 Å². The molecule has 2 heterocycles. The van der Waals surface area contributed by atoms with Crippen LogP contribution in [-0.4, -0.2) is 30.7 Å². The third-order valence-corrected chi connectivity index (χ3v) is 5.28. The first-order chi connectivity index (χ1) is 7.80. The fourth-order valence-corrected chi connectivity index (χ4v) is 4.03. The standard InChI is InChI=1S/C10H8F3NO2S/c11-10(12,13)7-2-1-6-3-8-5-14(8)17(15,16)9(6)4-7/h1-3,9H,4-5H2. The Balaban J connectivity index is 2.06. The van der Waals surface area contributed by atoms with Crippen LogP contribution in [0.2, 0.25) is 0 Å². The van der Waals surface area contributed by atoms with E-state index in [2.05, 4.69) is 0 Å². The topological polar surface area (TPSA) is 37.1 Å². The van der Waals surface area contributed by atoms with E-state index in [1.54, 1.807) is 6.08 Å². The Labute approximate surface area is 96.0 Å². The zero-order valence-corrected chi connectivity index (χ0v) is 9.35. The molecule has 0 aromatic carbocycles. The van der Waals surface area contributed by atoms with Crippen LogP contribution in [0, 0.1) is 0 Å².